The molecular formula is C78H152O17P2. The van der Waals surface area contributed by atoms with E-state index in [9.17, 15) is 43.2 Å². The Morgan fingerprint density at radius 1 is 0.278 bits per heavy atom. The first-order valence-corrected chi connectivity index (χ1v) is 43.5. The quantitative estimate of drug-likeness (QED) is 0.0222. The van der Waals surface area contributed by atoms with E-state index in [-0.39, 0.29) is 25.7 Å². The van der Waals surface area contributed by atoms with Crippen molar-refractivity contribution in [1.29, 1.82) is 0 Å². The third kappa shape index (κ3) is 72.2. The van der Waals surface area contributed by atoms with Gasteiger partial charge in [0.25, 0.3) is 0 Å². The molecule has 0 amide bonds. The lowest BCUT2D eigenvalue weighted by Gasteiger charge is -2.21. The molecule has 576 valence electrons. The van der Waals surface area contributed by atoms with Gasteiger partial charge < -0.3 is 33.8 Å². The van der Waals surface area contributed by atoms with Gasteiger partial charge in [0, 0.05) is 25.7 Å². The SMILES string of the molecule is CCCCCCCCCCCCCCCC(=O)OC[C@H](COP(=O)(O)OC[C@@H](O)COP(=O)(O)OC[C@@H](COC(=O)CCCCCCCCCCC(C)C)OC(=O)CCCCCCCCCCCCCC)OC(=O)CCCCCCCCCCCCCCCCCCCCC(C)C. The third-order valence-electron chi connectivity index (χ3n) is 18.2. The summed E-state index contributed by atoms with van der Waals surface area (Å²) in [6.07, 6.45) is 58.3. The summed E-state index contributed by atoms with van der Waals surface area (Å²) in [5.74, 6) is -0.565. The minimum Gasteiger partial charge on any atom is -0.462 e. The summed E-state index contributed by atoms with van der Waals surface area (Å²) in [5.41, 5.74) is 0. The first-order valence-electron chi connectivity index (χ1n) is 40.5. The van der Waals surface area contributed by atoms with Gasteiger partial charge in [-0.2, -0.15) is 0 Å². The molecule has 0 fully saturated rings. The van der Waals surface area contributed by atoms with Crippen molar-refractivity contribution in [2.75, 3.05) is 39.6 Å². The molecule has 17 nitrogen and oxygen atoms in total. The highest BCUT2D eigenvalue weighted by molar-refractivity contribution is 7.47. The summed E-state index contributed by atoms with van der Waals surface area (Å²) in [7, 11) is -9.91. The summed E-state index contributed by atoms with van der Waals surface area (Å²) in [4.78, 5) is 72.9. The Kier molecular flexibility index (Phi) is 68.4. The van der Waals surface area contributed by atoms with Crippen molar-refractivity contribution >= 4 is 39.5 Å². The zero-order chi connectivity index (χ0) is 71.4. The number of unbranched alkanes of at least 4 members (excludes halogenated alkanes) is 47. The molecule has 0 rings (SSSR count). The van der Waals surface area contributed by atoms with Crippen LogP contribution in [0.3, 0.4) is 0 Å². The second-order valence-electron chi connectivity index (χ2n) is 29.1. The molecular weight excluding hydrogens is 1270 g/mol. The lowest BCUT2D eigenvalue weighted by Crippen LogP contribution is -2.30. The number of carbonyl (C=O) groups excluding carboxylic acids is 4. The van der Waals surface area contributed by atoms with Gasteiger partial charge in [0.1, 0.15) is 19.3 Å². The summed E-state index contributed by atoms with van der Waals surface area (Å²) in [6.45, 7) is 9.61. The van der Waals surface area contributed by atoms with E-state index in [1.54, 1.807) is 0 Å². The lowest BCUT2D eigenvalue weighted by atomic mass is 10.0. The van der Waals surface area contributed by atoms with Gasteiger partial charge in [0.05, 0.1) is 26.4 Å². The van der Waals surface area contributed by atoms with E-state index in [0.29, 0.717) is 25.7 Å². The van der Waals surface area contributed by atoms with Crippen LogP contribution in [0, 0.1) is 11.8 Å². The molecule has 0 aliphatic carbocycles. The molecule has 0 heterocycles. The predicted octanol–water partition coefficient (Wildman–Crippen LogP) is 23.1. The van der Waals surface area contributed by atoms with Gasteiger partial charge in [-0.05, 0) is 37.5 Å². The Morgan fingerprint density at radius 3 is 0.701 bits per heavy atom. The van der Waals surface area contributed by atoms with Crippen LogP contribution in [-0.4, -0.2) is 96.7 Å². The number of aliphatic hydroxyl groups excluding tert-OH is 1. The fraction of sp³-hybridized carbons (Fsp3) is 0.949. The highest BCUT2D eigenvalue weighted by Crippen LogP contribution is 2.45. The van der Waals surface area contributed by atoms with Gasteiger partial charge in [0.2, 0.25) is 0 Å². The van der Waals surface area contributed by atoms with Crippen LogP contribution in [0.15, 0.2) is 0 Å². The monoisotopic (exact) mass is 1420 g/mol. The van der Waals surface area contributed by atoms with Gasteiger partial charge in [-0.1, -0.05) is 356 Å². The van der Waals surface area contributed by atoms with Crippen LogP contribution in [-0.2, 0) is 65.4 Å². The zero-order valence-electron chi connectivity index (χ0n) is 63.4. The molecule has 2 unspecified atom stereocenters. The molecule has 0 bridgehead atoms. The Morgan fingerprint density at radius 2 is 0.474 bits per heavy atom. The predicted molar refractivity (Wildman–Crippen MR) is 395 cm³/mol. The first-order chi connectivity index (χ1) is 46.9. The van der Waals surface area contributed by atoms with Crippen molar-refractivity contribution in [2.45, 2.75) is 426 Å². The van der Waals surface area contributed by atoms with E-state index in [1.165, 1.54) is 225 Å². The second kappa shape index (κ2) is 69.8. The van der Waals surface area contributed by atoms with Crippen LogP contribution in [0.4, 0.5) is 0 Å². The van der Waals surface area contributed by atoms with Crippen LogP contribution in [0.25, 0.3) is 0 Å². The highest BCUT2D eigenvalue weighted by Gasteiger charge is 2.30. The lowest BCUT2D eigenvalue weighted by molar-refractivity contribution is -0.161. The maximum absolute atomic E-state index is 13.1. The van der Waals surface area contributed by atoms with Crippen molar-refractivity contribution in [3.05, 3.63) is 0 Å². The summed E-state index contributed by atoms with van der Waals surface area (Å²) in [5, 5.41) is 10.6. The van der Waals surface area contributed by atoms with E-state index >= 15 is 0 Å². The van der Waals surface area contributed by atoms with Gasteiger partial charge in [-0.25, -0.2) is 9.13 Å². The van der Waals surface area contributed by atoms with E-state index < -0.39 is 97.5 Å². The van der Waals surface area contributed by atoms with Crippen molar-refractivity contribution in [1.82, 2.24) is 0 Å². The normalized spacial score (nSPS) is 14.0. The molecule has 0 saturated heterocycles. The van der Waals surface area contributed by atoms with E-state index in [0.717, 1.165) is 102 Å². The van der Waals surface area contributed by atoms with E-state index in [4.69, 9.17) is 37.0 Å². The molecule has 0 aromatic carbocycles. The van der Waals surface area contributed by atoms with Crippen LogP contribution < -0.4 is 0 Å². The average molecular weight is 1420 g/mol. The first kappa shape index (κ1) is 95.1. The van der Waals surface area contributed by atoms with Crippen LogP contribution in [0.2, 0.25) is 0 Å². The number of ether oxygens (including phenoxy) is 4. The average Bonchev–Trinajstić information content (AvgIpc) is 1.27. The Hall–Kier alpha value is -1.94. The summed E-state index contributed by atoms with van der Waals surface area (Å²) >= 11 is 0. The molecule has 0 aromatic heterocycles. The number of phosphoric acid groups is 2. The number of rotatable bonds is 77. The van der Waals surface area contributed by atoms with Gasteiger partial charge in [0.15, 0.2) is 12.2 Å². The van der Waals surface area contributed by atoms with Gasteiger partial charge in [-0.15, -0.1) is 0 Å². The largest absolute Gasteiger partial charge is 0.472 e. The molecule has 19 heteroatoms. The molecule has 3 N–H and O–H groups in total. The maximum Gasteiger partial charge on any atom is 0.472 e. The third-order valence-corrected chi connectivity index (χ3v) is 20.1. The number of esters is 4. The molecule has 0 spiro atoms. The highest BCUT2D eigenvalue weighted by atomic mass is 31.2. The zero-order valence-corrected chi connectivity index (χ0v) is 65.2. The molecule has 5 atom stereocenters. The molecule has 97 heavy (non-hydrogen) atoms. The summed E-state index contributed by atoms with van der Waals surface area (Å²) < 4.78 is 68.6. The van der Waals surface area contributed by atoms with Crippen LogP contribution >= 0.6 is 15.6 Å². The molecule has 0 aliphatic heterocycles. The number of carbonyl (C=O) groups is 4. The van der Waals surface area contributed by atoms with Crippen LogP contribution in [0.5, 0.6) is 0 Å². The number of phosphoric ester groups is 2. The van der Waals surface area contributed by atoms with Crippen LogP contribution in [0.1, 0.15) is 408 Å². The standard InChI is InChI=1S/C78H152O17P2/c1-7-9-11-13-15-17-19-27-32-35-42-48-54-60-75(80)88-66-73(94-78(83)63-57-51-45-37-33-29-26-24-22-21-23-25-28-30-34-40-46-52-58-70(3)4)68-92-96(84,85)90-64-72(79)65-91-97(86,87)93-69-74(67-89-76(81)61-55-49-43-39-38-41-47-53-59-71(5)6)95-77(82)62-56-50-44-36-31-20-18-16-14-12-10-8-2/h70-74,79H,7-69H2,1-6H3,(H,84,85)(H,86,87)/t72-,73-,74-/m1/s1. The minimum atomic E-state index is -4.96. The molecule has 0 saturated carbocycles. The van der Waals surface area contributed by atoms with Crippen molar-refractivity contribution in [2.24, 2.45) is 11.8 Å². The molecule has 0 aromatic rings. The van der Waals surface area contributed by atoms with E-state index in [2.05, 4.69) is 41.5 Å². The van der Waals surface area contributed by atoms with Crippen molar-refractivity contribution in [3.8, 4) is 0 Å². The Bertz CT molecular complexity index is 1870. The fourth-order valence-corrected chi connectivity index (χ4v) is 13.6. The number of hydrogen-bond acceptors (Lipinski definition) is 15. The minimum absolute atomic E-state index is 0.107. The summed E-state index contributed by atoms with van der Waals surface area (Å²) in [6, 6.07) is 0. The Labute approximate surface area is 594 Å². The molecule has 0 radical (unpaired) electrons. The van der Waals surface area contributed by atoms with E-state index in [1.807, 2.05) is 0 Å². The van der Waals surface area contributed by atoms with Crippen molar-refractivity contribution < 1.29 is 80.2 Å². The maximum atomic E-state index is 13.1. The smallest absolute Gasteiger partial charge is 0.462 e. The van der Waals surface area contributed by atoms with Gasteiger partial charge in [-0.3, -0.25) is 37.3 Å². The second-order valence-corrected chi connectivity index (χ2v) is 32.0. The Balaban J connectivity index is 5.21. The fourth-order valence-electron chi connectivity index (χ4n) is 12.0. The topological polar surface area (TPSA) is 237 Å². The van der Waals surface area contributed by atoms with Gasteiger partial charge >= 0.3 is 39.5 Å². The number of aliphatic hydroxyl groups is 1. The number of hydrogen-bond donors (Lipinski definition) is 3. The molecule has 0 aliphatic rings. The van der Waals surface area contributed by atoms with Crippen molar-refractivity contribution in [3.63, 3.8) is 0 Å².